The van der Waals surface area contributed by atoms with Crippen LogP contribution in [0.2, 0.25) is 5.02 Å². The maximum atomic E-state index is 12.3. The summed E-state index contributed by atoms with van der Waals surface area (Å²) in [6.45, 7) is 7.74. The molecule has 4 N–H and O–H groups in total. The van der Waals surface area contributed by atoms with E-state index in [1.54, 1.807) is 18.2 Å². The average Bonchev–Trinajstić information content (AvgIpc) is 2.73. The molecule has 2 aromatic carbocycles. The van der Waals surface area contributed by atoms with Crippen molar-refractivity contribution in [1.82, 2.24) is 16.0 Å². The highest BCUT2D eigenvalue weighted by molar-refractivity contribution is 6.32. The number of carboxylic acids is 1. The Morgan fingerprint density at radius 3 is 2.38 bits per heavy atom. The van der Waals surface area contributed by atoms with E-state index in [1.165, 1.54) is 6.92 Å². The molecule has 2 aromatic rings. The van der Waals surface area contributed by atoms with Gasteiger partial charge in [0.25, 0.3) is 0 Å². The summed E-state index contributed by atoms with van der Waals surface area (Å²) in [6, 6.07) is 12.4. The highest BCUT2D eigenvalue weighted by Crippen LogP contribution is 2.29. The largest absolute Gasteiger partial charge is 0.489 e. The zero-order valence-corrected chi connectivity index (χ0v) is 19.4. The Morgan fingerprint density at radius 1 is 1.09 bits per heavy atom. The summed E-state index contributed by atoms with van der Waals surface area (Å²) in [4.78, 5) is 27.7. The Morgan fingerprint density at radius 2 is 1.78 bits per heavy atom. The molecule has 32 heavy (non-hydrogen) atoms. The van der Waals surface area contributed by atoms with Crippen LogP contribution in [0.15, 0.2) is 47.5 Å². The van der Waals surface area contributed by atoms with Gasteiger partial charge in [0.2, 0.25) is 5.96 Å². The van der Waals surface area contributed by atoms with Crippen LogP contribution in [-0.4, -0.2) is 35.7 Å². The van der Waals surface area contributed by atoms with Crippen molar-refractivity contribution in [2.24, 2.45) is 10.9 Å². The summed E-state index contributed by atoms with van der Waals surface area (Å²) in [5.74, 6) is -0.966. The number of nitrogens with zero attached hydrogens (tertiary/aromatic N) is 1. The fourth-order valence-corrected chi connectivity index (χ4v) is 2.75. The number of hydrogen-bond acceptors (Lipinski definition) is 4. The number of carboxylic acid groups (broad SMARTS) is 1. The maximum absolute atomic E-state index is 12.3. The quantitative estimate of drug-likeness (QED) is 0.348. The average molecular weight is 461 g/mol. The SMILES string of the molecule is Cc1ccc(CN/C(=N/c2ccc(OC(C)C)c(Cl)c2)NC(=O)NC[C@H](C)C(=O)O)cc1. The number of urea groups is 1. The molecule has 0 aromatic heterocycles. The van der Waals surface area contributed by atoms with Crippen LogP contribution in [0.3, 0.4) is 0 Å². The fraction of sp³-hybridized carbons (Fsp3) is 0.348. The number of hydrogen-bond donors (Lipinski definition) is 4. The second kappa shape index (κ2) is 12.0. The van der Waals surface area contributed by atoms with Gasteiger partial charge < -0.3 is 20.5 Å². The summed E-state index contributed by atoms with van der Waals surface area (Å²) >= 11 is 6.29. The van der Waals surface area contributed by atoms with Crippen molar-refractivity contribution >= 4 is 35.2 Å². The minimum atomic E-state index is -0.991. The monoisotopic (exact) mass is 460 g/mol. The molecule has 0 fully saturated rings. The summed E-state index contributed by atoms with van der Waals surface area (Å²) in [6.07, 6.45) is -0.0212. The van der Waals surface area contributed by atoms with Gasteiger partial charge in [0, 0.05) is 13.1 Å². The molecule has 0 aliphatic carbocycles. The van der Waals surface area contributed by atoms with Crippen molar-refractivity contribution in [3.8, 4) is 5.75 Å². The molecule has 0 saturated heterocycles. The highest BCUT2D eigenvalue weighted by atomic mass is 35.5. The van der Waals surface area contributed by atoms with Crippen molar-refractivity contribution < 1.29 is 19.4 Å². The molecule has 0 aliphatic heterocycles. The number of aryl methyl sites for hydroxylation is 1. The van der Waals surface area contributed by atoms with Gasteiger partial charge in [-0.05, 0) is 44.5 Å². The molecule has 0 spiro atoms. The number of ether oxygens (including phenoxy) is 1. The van der Waals surface area contributed by atoms with E-state index in [1.807, 2.05) is 45.0 Å². The van der Waals surface area contributed by atoms with E-state index in [2.05, 4.69) is 20.9 Å². The topological polar surface area (TPSA) is 112 Å². The minimum Gasteiger partial charge on any atom is -0.489 e. The lowest BCUT2D eigenvalue weighted by Crippen LogP contribution is -2.47. The van der Waals surface area contributed by atoms with Crippen LogP contribution >= 0.6 is 11.6 Å². The lowest BCUT2D eigenvalue weighted by atomic mass is 10.1. The number of guanidine groups is 1. The van der Waals surface area contributed by atoms with Gasteiger partial charge in [-0.3, -0.25) is 10.1 Å². The number of aliphatic carboxylic acids is 1. The number of aliphatic imine (C=N–C) groups is 1. The van der Waals surface area contributed by atoms with E-state index >= 15 is 0 Å². The van der Waals surface area contributed by atoms with E-state index < -0.39 is 17.9 Å². The van der Waals surface area contributed by atoms with Crippen LogP contribution in [0.4, 0.5) is 10.5 Å². The van der Waals surface area contributed by atoms with Gasteiger partial charge in [0.1, 0.15) is 5.75 Å². The van der Waals surface area contributed by atoms with Gasteiger partial charge >= 0.3 is 12.0 Å². The van der Waals surface area contributed by atoms with Gasteiger partial charge in [-0.15, -0.1) is 0 Å². The van der Waals surface area contributed by atoms with Crippen LogP contribution < -0.4 is 20.7 Å². The second-order valence-corrected chi connectivity index (χ2v) is 8.06. The van der Waals surface area contributed by atoms with Gasteiger partial charge in [-0.2, -0.15) is 0 Å². The van der Waals surface area contributed by atoms with E-state index in [9.17, 15) is 9.59 Å². The molecule has 9 heteroatoms. The second-order valence-electron chi connectivity index (χ2n) is 7.66. The molecule has 8 nitrogen and oxygen atoms in total. The molecule has 0 unspecified atom stereocenters. The zero-order valence-electron chi connectivity index (χ0n) is 18.6. The summed E-state index contributed by atoms with van der Waals surface area (Å²) in [5.41, 5.74) is 2.66. The van der Waals surface area contributed by atoms with E-state index in [-0.39, 0.29) is 18.6 Å². The molecule has 0 aliphatic rings. The number of carbonyl (C=O) groups is 2. The normalized spacial score (nSPS) is 12.2. The third kappa shape index (κ3) is 8.47. The van der Waals surface area contributed by atoms with Crippen LogP contribution in [0, 0.1) is 12.8 Å². The molecule has 2 amide bonds. The Kier molecular flexibility index (Phi) is 9.34. The third-order valence-electron chi connectivity index (χ3n) is 4.32. The molecule has 0 bridgehead atoms. The van der Waals surface area contributed by atoms with Crippen LogP contribution in [0.1, 0.15) is 31.9 Å². The smallest absolute Gasteiger partial charge is 0.321 e. The molecule has 0 saturated carbocycles. The molecule has 0 heterocycles. The Hall–Kier alpha value is -3.26. The van der Waals surface area contributed by atoms with Crippen molar-refractivity contribution in [2.75, 3.05) is 6.54 Å². The predicted octanol–water partition coefficient (Wildman–Crippen LogP) is 4.23. The van der Waals surface area contributed by atoms with Gasteiger partial charge in [-0.25, -0.2) is 9.79 Å². The fourth-order valence-electron chi connectivity index (χ4n) is 2.53. The molecule has 0 radical (unpaired) electrons. The third-order valence-corrected chi connectivity index (χ3v) is 4.62. The van der Waals surface area contributed by atoms with Crippen molar-refractivity contribution in [1.29, 1.82) is 0 Å². The van der Waals surface area contributed by atoms with Crippen molar-refractivity contribution in [2.45, 2.75) is 40.3 Å². The molecule has 1 atom stereocenters. The van der Waals surface area contributed by atoms with E-state index in [0.717, 1.165) is 11.1 Å². The summed E-state index contributed by atoms with van der Waals surface area (Å²) in [7, 11) is 0. The summed E-state index contributed by atoms with van der Waals surface area (Å²) < 4.78 is 5.63. The first-order valence-electron chi connectivity index (χ1n) is 10.3. The lowest BCUT2D eigenvalue weighted by molar-refractivity contribution is -0.140. The van der Waals surface area contributed by atoms with Crippen molar-refractivity contribution in [3.63, 3.8) is 0 Å². The highest BCUT2D eigenvalue weighted by Gasteiger charge is 2.13. The van der Waals surface area contributed by atoms with Gasteiger partial charge in [-0.1, -0.05) is 48.4 Å². The van der Waals surface area contributed by atoms with Crippen LogP contribution in [0.5, 0.6) is 5.75 Å². The Balaban J connectivity index is 2.16. The first kappa shape index (κ1) is 25.0. The lowest BCUT2D eigenvalue weighted by Gasteiger charge is -2.14. The van der Waals surface area contributed by atoms with Crippen molar-refractivity contribution in [3.05, 3.63) is 58.6 Å². The molecule has 172 valence electrons. The number of halogens is 1. The number of nitrogens with one attached hydrogen (secondary N) is 3. The van der Waals surface area contributed by atoms with Crippen LogP contribution in [0.25, 0.3) is 0 Å². The minimum absolute atomic E-state index is 0.0144. The van der Waals surface area contributed by atoms with Gasteiger partial charge in [0.05, 0.1) is 22.7 Å². The first-order valence-corrected chi connectivity index (χ1v) is 10.6. The Bertz CT molecular complexity index is 961. The van der Waals surface area contributed by atoms with Gasteiger partial charge in [0.15, 0.2) is 0 Å². The molecule has 2 rings (SSSR count). The Labute approximate surface area is 193 Å². The molecular formula is C23H29ClN4O4. The number of benzene rings is 2. The maximum Gasteiger partial charge on any atom is 0.321 e. The predicted molar refractivity (Wildman–Crippen MR) is 126 cm³/mol. The number of carbonyl (C=O) groups excluding carboxylic acids is 1. The standard InChI is InChI=1S/C23H29ClN4O4/c1-14(2)32-20-10-9-18(11-19(20)24)27-22(25-13-17-7-5-15(3)6-8-17)28-23(31)26-12-16(4)21(29)30/h5-11,14,16H,12-13H2,1-4H3,(H,29,30)(H3,25,26,27,28,31)/t16-/m0/s1. The molecular weight excluding hydrogens is 432 g/mol. The summed E-state index contributed by atoms with van der Waals surface area (Å²) in [5, 5.41) is 17.6. The zero-order chi connectivity index (χ0) is 23.7. The first-order chi connectivity index (χ1) is 15.1. The number of amides is 2. The number of rotatable bonds is 8. The van der Waals surface area contributed by atoms with E-state index in [0.29, 0.717) is 23.0 Å². The van der Waals surface area contributed by atoms with Crippen LogP contribution in [-0.2, 0) is 11.3 Å². The van der Waals surface area contributed by atoms with E-state index in [4.69, 9.17) is 21.4 Å².